The number of benzene rings is 1. The number of ether oxygens (including phenoxy) is 1. The van der Waals surface area contributed by atoms with Crippen LogP contribution < -0.4 is 4.74 Å². The zero-order valence-corrected chi connectivity index (χ0v) is 14.1. The summed E-state index contributed by atoms with van der Waals surface area (Å²) in [6.45, 7) is 5.47. The van der Waals surface area contributed by atoms with Gasteiger partial charge < -0.3 is 14.5 Å². The van der Waals surface area contributed by atoms with Crippen LogP contribution in [0.5, 0.6) is 5.75 Å². The van der Waals surface area contributed by atoms with Crippen LogP contribution in [0.3, 0.4) is 0 Å². The molecule has 0 aromatic heterocycles. The number of nitrogens with zero attached hydrogens (tertiary/aromatic N) is 3. The molecule has 1 fully saturated rings. The maximum absolute atomic E-state index is 12.2. The number of nitro benzene ring substituents is 1. The van der Waals surface area contributed by atoms with E-state index in [2.05, 4.69) is 4.90 Å². The quantitative estimate of drug-likeness (QED) is 0.453. The number of rotatable bonds is 6. The van der Waals surface area contributed by atoms with Gasteiger partial charge in [0, 0.05) is 38.3 Å². The van der Waals surface area contributed by atoms with Gasteiger partial charge in [-0.15, -0.1) is 0 Å². The highest BCUT2D eigenvalue weighted by atomic mass is 16.6. The molecule has 0 radical (unpaired) electrons. The molecule has 0 atom stereocenters. The highest BCUT2D eigenvalue weighted by Crippen LogP contribution is 2.28. The fourth-order valence-electron chi connectivity index (χ4n) is 2.41. The zero-order valence-electron chi connectivity index (χ0n) is 14.1. The second-order valence-corrected chi connectivity index (χ2v) is 5.79. The minimum atomic E-state index is -0.468. The van der Waals surface area contributed by atoms with Gasteiger partial charge >= 0.3 is 5.69 Å². The Labute approximate surface area is 141 Å². The summed E-state index contributed by atoms with van der Waals surface area (Å²) in [5.41, 5.74) is 0.519. The fourth-order valence-corrected chi connectivity index (χ4v) is 2.41. The molecule has 7 nitrogen and oxygen atoms in total. The third-order valence-corrected chi connectivity index (χ3v) is 3.87. The summed E-state index contributed by atoms with van der Waals surface area (Å²) in [5.74, 6) is 0.182. The van der Waals surface area contributed by atoms with E-state index in [1.807, 2.05) is 14.0 Å². The van der Waals surface area contributed by atoms with Crippen molar-refractivity contribution in [3.05, 3.63) is 40.0 Å². The topological polar surface area (TPSA) is 75.9 Å². The van der Waals surface area contributed by atoms with Crippen LogP contribution in [0.25, 0.3) is 6.08 Å². The molecule has 0 aliphatic carbocycles. The monoisotopic (exact) mass is 333 g/mol. The summed E-state index contributed by atoms with van der Waals surface area (Å²) in [7, 11) is 2.03. The molecule has 7 heteroatoms. The molecule has 1 saturated heterocycles. The number of likely N-dealkylation sites (N-methyl/N-ethyl adjacent to an activating group) is 1. The van der Waals surface area contributed by atoms with E-state index in [1.165, 1.54) is 12.1 Å². The van der Waals surface area contributed by atoms with Gasteiger partial charge in [0.15, 0.2) is 5.75 Å². The van der Waals surface area contributed by atoms with Gasteiger partial charge in [0.05, 0.1) is 11.5 Å². The predicted molar refractivity (Wildman–Crippen MR) is 92.0 cm³/mol. The molecule has 0 N–H and O–H groups in total. The first-order valence-corrected chi connectivity index (χ1v) is 8.08. The lowest BCUT2D eigenvalue weighted by molar-refractivity contribution is -0.385. The van der Waals surface area contributed by atoms with Crippen LogP contribution in [0.1, 0.15) is 18.9 Å². The average Bonchev–Trinajstić information content (AvgIpc) is 2.58. The van der Waals surface area contributed by atoms with Gasteiger partial charge in [-0.05, 0) is 31.2 Å². The second-order valence-electron chi connectivity index (χ2n) is 5.79. The summed E-state index contributed by atoms with van der Waals surface area (Å²) in [5, 5.41) is 11.2. The van der Waals surface area contributed by atoms with Crippen molar-refractivity contribution in [1.82, 2.24) is 9.80 Å². The Balaban J connectivity index is 2.07. The summed E-state index contributed by atoms with van der Waals surface area (Å²) in [4.78, 5) is 26.8. The van der Waals surface area contributed by atoms with Crippen LogP contribution in [0.2, 0.25) is 0 Å². The van der Waals surface area contributed by atoms with Crippen molar-refractivity contribution in [2.45, 2.75) is 13.3 Å². The summed E-state index contributed by atoms with van der Waals surface area (Å²) in [6, 6.07) is 4.72. The van der Waals surface area contributed by atoms with Crippen molar-refractivity contribution in [3.8, 4) is 5.75 Å². The highest BCUT2D eigenvalue weighted by molar-refractivity contribution is 5.92. The lowest BCUT2D eigenvalue weighted by atomic mass is 10.1. The molecule has 1 amide bonds. The average molecular weight is 333 g/mol. The van der Waals surface area contributed by atoms with Crippen molar-refractivity contribution in [2.24, 2.45) is 0 Å². The molecule has 1 aromatic carbocycles. The lowest BCUT2D eigenvalue weighted by Gasteiger charge is -2.31. The van der Waals surface area contributed by atoms with Crippen molar-refractivity contribution in [1.29, 1.82) is 0 Å². The largest absolute Gasteiger partial charge is 0.487 e. The molecule has 1 aliphatic rings. The maximum Gasteiger partial charge on any atom is 0.311 e. The maximum atomic E-state index is 12.2. The number of piperazine rings is 1. The van der Waals surface area contributed by atoms with E-state index in [-0.39, 0.29) is 17.3 Å². The first-order valence-electron chi connectivity index (χ1n) is 8.08. The van der Waals surface area contributed by atoms with E-state index in [1.54, 1.807) is 23.1 Å². The Morgan fingerprint density at radius 2 is 2.04 bits per heavy atom. The van der Waals surface area contributed by atoms with Crippen molar-refractivity contribution in [2.75, 3.05) is 39.8 Å². The number of carbonyl (C=O) groups is 1. The van der Waals surface area contributed by atoms with Gasteiger partial charge in [0.2, 0.25) is 5.91 Å². The Hall–Kier alpha value is -2.41. The molecule has 1 heterocycles. The molecule has 0 bridgehead atoms. The number of hydrogen-bond donors (Lipinski definition) is 0. The van der Waals surface area contributed by atoms with E-state index in [9.17, 15) is 14.9 Å². The first-order chi connectivity index (χ1) is 11.5. The van der Waals surface area contributed by atoms with Gasteiger partial charge in [-0.1, -0.05) is 13.0 Å². The Bertz CT molecular complexity index is 622. The number of nitro groups is 1. The molecule has 1 aromatic rings. The van der Waals surface area contributed by atoms with E-state index < -0.39 is 4.92 Å². The van der Waals surface area contributed by atoms with Crippen LogP contribution >= 0.6 is 0 Å². The van der Waals surface area contributed by atoms with Gasteiger partial charge in [0.25, 0.3) is 0 Å². The van der Waals surface area contributed by atoms with E-state index >= 15 is 0 Å². The molecule has 0 spiro atoms. The first kappa shape index (κ1) is 17.9. The van der Waals surface area contributed by atoms with Crippen LogP contribution in [0.4, 0.5) is 5.69 Å². The number of amides is 1. The minimum absolute atomic E-state index is 0.0722. The minimum Gasteiger partial charge on any atom is -0.487 e. The molecule has 0 saturated carbocycles. The molecule has 2 rings (SSSR count). The molecular weight excluding hydrogens is 310 g/mol. The van der Waals surface area contributed by atoms with Gasteiger partial charge in [0.1, 0.15) is 0 Å². The number of hydrogen-bond acceptors (Lipinski definition) is 5. The SMILES string of the molecule is CCCOc1ccc(/C=C/C(=O)N2CCN(C)CC2)cc1[N+](=O)[O-]. The van der Waals surface area contributed by atoms with Crippen LogP contribution in [-0.4, -0.2) is 60.5 Å². The van der Waals surface area contributed by atoms with Crippen LogP contribution in [0.15, 0.2) is 24.3 Å². The molecular formula is C17H23N3O4. The molecule has 130 valence electrons. The van der Waals surface area contributed by atoms with E-state index in [0.29, 0.717) is 25.3 Å². The van der Waals surface area contributed by atoms with Crippen molar-refractivity contribution >= 4 is 17.7 Å². The predicted octanol–water partition coefficient (Wildman–Crippen LogP) is 2.17. The van der Waals surface area contributed by atoms with E-state index in [0.717, 1.165) is 19.5 Å². The summed E-state index contributed by atoms with van der Waals surface area (Å²) in [6.07, 6.45) is 3.85. The fraction of sp³-hybridized carbons (Fsp3) is 0.471. The van der Waals surface area contributed by atoms with Gasteiger partial charge in [-0.2, -0.15) is 0 Å². The standard InChI is InChI=1S/C17H23N3O4/c1-3-12-24-16-6-4-14(13-15(16)20(22)23)5-7-17(21)19-10-8-18(2)9-11-19/h4-7,13H,3,8-12H2,1-2H3/b7-5+. The van der Waals surface area contributed by atoms with Crippen molar-refractivity contribution in [3.63, 3.8) is 0 Å². The number of carbonyl (C=O) groups excluding carboxylic acids is 1. The normalized spacial score (nSPS) is 15.7. The van der Waals surface area contributed by atoms with Crippen molar-refractivity contribution < 1.29 is 14.5 Å². The van der Waals surface area contributed by atoms with Gasteiger partial charge in [-0.3, -0.25) is 14.9 Å². The summed E-state index contributed by atoms with van der Waals surface area (Å²) >= 11 is 0. The van der Waals surface area contributed by atoms with Crippen LogP contribution in [-0.2, 0) is 4.79 Å². The second kappa shape index (κ2) is 8.44. The highest BCUT2D eigenvalue weighted by Gasteiger charge is 2.18. The Kier molecular flexibility index (Phi) is 6.31. The summed E-state index contributed by atoms with van der Waals surface area (Å²) < 4.78 is 5.39. The van der Waals surface area contributed by atoms with E-state index in [4.69, 9.17) is 4.74 Å². The smallest absolute Gasteiger partial charge is 0.311 e. The third kappa shape index (κ3) is 4.79. The van der Waals surface area contributed by atoms with Gasteiger partial charge in [-0.25, -0.2) is 0 Å². The molecule has 1 aliphatic heterocycles. The van der Waals surface area contributed by atoms with Crippen LogP contribution in [0, 0.1) is 10.1 Å². The Morgan fingerprint density at radius 3 is 2.67 bits per heavy atom. The third-order valence-electron chi connectivity index (χ3n) is 3.87. The Morgan fingerprint density at radius 1 is 1.33 bits per heavy atom. The zero-order chi connectivity index (χ0) is 17.5. The molecule has 0 unspecified atom stereocenters. The lowest BCUT2D eigenvalue weighted by Crippen LogP contribution is -2.46. The molecule has 24 heavy (non-hydrogen) atoms.